The molecule has 8 nitrogen and oxygen atoms in total. The van der Waals surface area contributed by atoms with Gasteiger partial charge in [-0.15, -0.1) is 11.3 Å². The highest BCUT2D eigenvalue weighted by atomic mass is 32.1. The van der Waals surface area contributed by atoms with Crippen LogP contribution in [-0.2, 0) is 6.61 Å². The van der Waals surface area contributed by atoms with Gasteiger partial charge in [-0.1, -0.05) is 12.1 Å². The van der Waals surface area contributed by atoms with Gasteiger partial charge in [-0.05, 0) is 25.5 Å². The number of carbonyl (C=O) groups is 1. The molecule has 1 aromatic carbocycles. The summed E-state index contributed by atoms with van der Waals surface area (Å²) >= 11 is 1.15. The molecule has 128 valence electrons. The largest absolute Gasteiger partial charge is 0.479 e. The molecule has 0 bridgehead atoms. The highest BCUT2D eigenvalue weighted by Gasteiger charge is 2.18. The number of carbonyl (C=O) groups excluding carboxylic acids is 1. The quantitative estimate of drug-likeness (QED) is 0.425. The number of aromatic amines is 1. The van der Waals surface area contributed by atoms with Crippen LogP contribution in [0.15, 0.2) is 29.1 Å². The monoisotopic (exact) mass is 359 g/mol. The molecule has 0 atom stereocenters. The number of rotatable bonds is 5. The first-order valence-corrected chi connectivity index (χ1v) is 8.09. The zero-order valence-electron chi connectivity index (χ0n) is 13.4. The van der Waals surface area contributed by atoms with Crippen molar-refractivity contribution in [3.63, 3.8) is 0 Å². The molecule has 3 rings (SSSR count). The van der Waals surface area contributed by atoms with E-state index in [1.807, 2.05) is 0 Å². The highest BCUT2D eigenvalue weighted by Crippen LogP contribution is 2.28. The molecule has 9 heteroatoms. The second-order valence-corrected chi connectivity index (χ2v) is 6.32. The number of nitrogens with one attached hydrogen (secondary N) is 1. The van der Waals surface area contributed by atoms with Crippen LogP contribution in [0.5, 0.6) is 5.75 Å². The summed E-state index contributed by atoms with van der Waals surface area (Å²) in [6.07, 6.45) is 0. The van der Waals surface area contributed by atoms with E-state index in [0.717, 1.165) is 11.3 Å². The number of aromatic nitrogens is 2. The number of hydrogen-bond donors (Lipinski definition) is 1. The first-order chi connectivity index (χ1) is 11.9. The molecule has 0 spiro atoms. The third kappa shape index (κ3) is 3.13. The summed E-state index contributed by atoms with van der Waals surface area (Å²) in [5.74, 6) is 0.187. The molecular weight excluding hydrogens is 346 g/mol. The van der Waals surface area contributed by atoms with Gasteiger partial charge in [0.15, 0.2) is 11.5 Å². The topological polar surface area (TPSA) is 115 Å². The van der Waals surface area contributed by atoms with E-state index in [1.165, 1.54) is 25.1 Å². The van der Waals surface area contributed by atoms with Crippen LogP contribution in [0.3, 0.4) is 0 Å². The average Bonchev–Trinajstić information content (AvgIpc) is 2.90. The molecular formula is C16H13N3O5S. The normalized spacial score (nSPS) is 10.8. The van der Waals surface area contributed by atoms with Crippen LogP contribution < -0.4 is 10.3 Å². The number of H-pyrrole nitrogens is 1. The van der Waals surface area contributed by atoms with Gasteiger partial charge in [-0.25, -0.2) is 4.98 Å². The Morgan fingerprint density at radius 3 is 2.80 bits per heavy atom. The van der Waals surface area contributed by atoms with Gasteiger partial charge in [-0.3, -0.25) is 19.7 Å². The predicted molar refractivity (Wildman–Crippen MR) is 92.4 cm³/mol. The van der Waals surface area contributed by atoms with Crippen molar-refractivity contribution in [1.29, 1.82) is 0 Å². The van der Waals surface area contributed by atoms with Crippen LogP contribution in [-0.4, -0.2) is 20.7 Å². The second-order valence-electron chi connectivity index (χ2n) is 5.32. The van der Waals surface area contributed by atoms with E-state index in [-0.39, 0.29) is 35.2 Å². The summed E-state index contributed by atoms with van der Waals surface area (Å²) in [6.45, 7) is 3.00. The molecule has 0 saturated carbocycles. The molecule has 0 fully saturated rings. The molecule has 0 radical (unpaired) electrons. The van der Waals surface area contributed by atoms with Gasteiger partial charge in [0.1, 0.15) is 17.3 Å². The molecule has 25 heavy (non-hydrogen) atoms. The lowest BCUT2D eigenvalue weighted by Gasteiger charge is -2.06. The minimum absolute atomic E-state index is 0.0852. The number of aryl methyl sites for hydroxylation is 1. The molecule has 0 aliphatic carbocycles. The Morgan fingerprint density at radius 1 is 1.40 bits per heavy atom. The maximum Gasteiger partial charge on any atom is 0.310 e. The molecule has 3 aromatic rings. The molecule has 2 aromatic heterocycles. The van der Waals surface area contributed by atoms with Gasteiger partial charge in [0, 0.05) is 6.07 Å². The van der Waals surface area contributed by atoms with Crippen molar-refractivity contribution >= 4 is 33.0 Å². The minimum atomic E-state index is -0.545. The number of para-hydroxylation sites is 2. The predicted octanol–water partition coefficient (Wildman–Crippen LogP) is 2.98. The van der Waals surface area contributed by atoms with Gasteiger partial charge < -0.3 is 9.72 Å². The minimum Gasteiger partial charge on any atom is -0.479 e. The fourth-order valence-corrected chi connectivity index (χ4v) is 3.56. The summed E-state index contributed by atoms with van der Waals surface area (Å²) in [7, 11) is 0. The SMILES string of the molecule is CC(=O)c1sc2nc(COc3ccccc3[N+](=O)[O-])[nH]c(=O)c2c1C. The number of thiophene rings is 1. The van der Waals surface area contributed by atoms with Crippen LogP contribution in [0.2, 0.25) is 0 Å². The molecule has 0 aliphatic rings. The van der Waals surface area contributed by atoms with E-state index >= 15 is 0 Å². The lowest BCUT2D eigenvalue weighted by atomic mass is 10.2. The lowest BCUT2D eigenvalue weighted by molar-refractivity contribution is -0.385. The third-order valence-electron chi connectivity index (χ3n) is 3.60. The number of hydrogen-bond acceptors (Lipinski definition) is 7. The summed E-state index contributed by atoms with van der Waals surface area (Å²) in [4.78, 5) is 42.2. The Kier molecular flexibility index (Phi) is 4.32. The Balaban J connectivity index is 1.94. The van der Waals surface area contributed by atoms with Crippen molar-refractivity contribution in [2.75, 3.05) is 0 Å². The number of benzene rings is 1. The van der Waals surface area contributed by atoms with Crippen molar-refractivity contribution < 1.29 is 14.5 Å². The van der Waals surface area contributed by atoms with Gasteiger partial charge in [0.05, 0.1) is 15.2 Å². The van der Waals surface area contributed by atoms with Gasteiger partial charge in [0.2, 0.25) is 0 Å². The van der Waals surface area contributed by atoms with Crippen LogP contribution >= 0.6 is 11.3 Å². The molecule has 0 unspecified atom stereocenters. The Hall–Kier alpha value is -3.07. The van der Waals surface area contributed by atoms with E-state index in [1.54, 1.807) is 13.0 Å². The van der Waals surface area contributed by atoms with Crippen LogP contribution in [0, 0.1) is 17.0 Å². The summed E-state index contributed by atoms with van der Waals surface area (Å²) in [5, 5.41) is 11.4. The number of nitro groups is 1. The van der Waals surface area contributed by atoms with E-state index in [9.17, 15) is 19.7 Å². The van der Waals surface area contributed by atoms with Crippen molar-refractivity contribution in [3.8, 4) is 5.75 Å². The molecule has 2 heterocycles. The Labute approximate surface area is 145 Å². The van der Waals surface area contributed by atoms with Gasteiger partial charge in [0.25, 0.3) is 5.56 Å². The Morgan fingerprint density at radius 2 is 2.12 bits per heavy atom. The van der Waals surface area contributed by atoms with Crippen LogP contribution in [0.4, 0.5) is 5.69 Å². The summed E-state index contributed by atoms with van der Waals surface area (Å²) in [6, 6.07) is 5.95. The standard InChI is InChI=1S/C16H13N3O5S/c1-8-13-15(21)17-12(18-16(13)25-14(8)9(2)20)7-24-11-6-4-3-5-10(11)19(22)23/h3-6H,7H2,1-2H3,(H,17,18,21). The third-order valence-corrected chi connectivity index (χ3v) is 4.88. The highest BCUT2D eigenvalue weighted by molar-refractivity contribution is 7.20. The van der Waals surface area contributed by atoms with Crippen LogP contribution in [0.1, 0.15) is 28.0 Å². The number of ether oxygens (including phenoxy) is 1. The van der Waals surface area contributed by atoms with Gasteiger partial charge in [-0.2, -0.15) is 0 Å². The molecule has 1 N–H and O–H groups in total. The number of nitrogens with zero attached hydrogens (tertiary/aromatic N) is 2. The van der Waals surface area contributed by atoms with E-state index in [0.29, 0.717) is 20.7 Å². The maximum atomic E-state index is 12.3. The smallest absolute Gasteiger partial charge is 0.310 e. The fourth-order valence-electron chi connectivity index (χ4n) is 2.47. The first-order valence-electron chi connectivity index (χ1n) is 7.28. The van der Waals surface area contributed by atoms with Crippen molar-refractivity contribution in [2.45, 2.75) is 20.5 Å². The average molecular weight is 359 g/mol. The molecule has 0 aliphatic heterocycles. The van der Waals surface area contributed by atoms with Crippen molar-refractivity contribution in [2.24, 2.45) is 0 Å². The maximum absolute atomic E-state index is 12.3. The zero-order valence-corrected chi connectivity index (χ0v) is 14.2. The summed E-state index contributed by atoms with van der Waals surface area (Å²) in [5.41, 5.74) is 0.0663. The number of Topliss-reactive ketones (excluding diaryl/α,β-unsaturated/α-hetero) is 1. The number of ketones is 1. The van der Waals surface area contributed by atoms with Crippen LogP contribution in [0.25, 0.3) is 10.2 Å². The first kappa shape index (κ1) is 16.8. The van der Waals surface area contributed by atoms with Gasteiger partial charge >= 0.3 is 5.69 Å². The summed E-state index contributed by atoms with van der Waals surface area (Å²) < 4.78 is 5.44. The van der Waals surface area contributed by atoms with E-state index in [4.69, 9.17) is 4.74 Å². The lowest BCUT2D eigenvalue weighted by Crippen LogP contribution is -2.13. The molecule has 0 amide bonds. The van der Waals surface area contributed by atoms with E-state index < -0.39 is 4.92 Å². The second kappa shape index (κ2) is 6.44. The van der Waals surface area contributed by atoms with Crippen molar-refractivity contribution in [1.82, 2.24) is 9.97 Å². The van der Waals surface area contributed by atoms with E-state index in [2.05, 4.69) is 9.97 Å². The Bertz CT molecular complexity index is 1050. The number of fused-ring (bicyclic) bond motifs is 1. The zero-order chi connectivity index (χ0) is 18.1. The number of nitro benzene ring substituents is 1. The molecule has 0 saturated heterocycles. The fraction of sp³-hybridized carbons (Fsp3) is 0.188. The van der Waals surface area contributed by atoms with Crippen molar-refractivity contribution in [3.05, 3.63) is 61.0 Å².